The van der Waals surface area contributed by atoms with Crippen LogP contribution in [0.4, 0.5) is 0 Å². The largest absolute Gasteiger partial charge is 0.466 e. The van der Waals surface area contributed by atoms with Crippen LogP contribution in [0.25, 0.3) is 0 Å². The van der Waals surface area contributed by atoms with Crippen LogP contribution in [0, 0.1) is 13.8 Å². The summed E-state index contributed by atoms with van der Waals surface area (Å²) in [7, 11) is 0. The summed E-state index contributed by atoms with van der Waals surface area (Å²) in [4.78, 5) is 26.0. The van der Waals surface area contributed by atoms with E-state index in [-0.39, 0.29) is 11.7 Å². The first kappa shape index (κ1) is 15.7. The normalized spacial score (nSPS) is 10.7. The fraction of sp³-hybridized carbons (Fsp3) is 0.176. The molecule has 3 aromatic heterocycles. The minimum atomic E-state index is -0.168. The molecule has 0 aliphatic heterocycles. The Balaban J connectivity index is 1.64. The molecule has 0 aromatic carbocycles. The SMILES string of the molecule is Cc1cc(C(=O)NCc2ccc(C(=O)c3ccsc3)s2)c(C)o1. The van der Waals surface area contributed by atoms with Gasteiger partial charge in [-0.1, -0.05) is 0 Å². The summed E-state index contributed by atoms with van der Waals surface area (Å²) in [5.74, 6) is 1.18. The van der Waals surface area contributed by atoms with Gasteiger partial charge in [-0.15, -0.1) is 11.3 Å². The van der Waals surface area contributed by atoms with Crippen LogP contribution in [0.2, 0.25) is 0 Å². The molecule has 23 heavy (non-hydrogen) atoms. The molecule has 0 atom stereocenters. The molecule has 0 spiro atoms. The Morgan fingerprint density at radius 3 is 2.70 bits per heavy atom. The van der Waals surface area contributed by atoms with Gasteiger partial charge in [-0.2, -0.15) is 11.3 Å². The number of hydrogen-bond acceptors (Lipinski definition) is 5. The van der Waals surface area contributed by atoms with Gasteiger partial charge in [0.1, 0.15) is 11.5 Å². The molecule has 3 rings (SSSR count). The van der Waals surface area contributed by atoms with E-state index < -0.39 is 0 Å². The average Bonchev–Trinajstić information content (AvgIpc) is 3.25. The zero-order valence-corrected chi connectivity index (χ0v) is 14.3. The smallest absolute Gasteiger partial charge is 0.255 e. The van der Waals surface area contributed by atoms with Gasteiger partial charge in [0.2, 0.25) is 5.78 Å². The summed E-state index contributed by atoms with van der Waals surface area (Å²) in [6, 6.07) is 7.22. The van der Waals surface area contributed by atoms with Crippen molar-refractivity contribution < 1.29 is 14.0 Å². The molecule has 0 saturated heterocycles. The molecule has 3 heterocycles. The predicted molar refractivity (Wildman–Crippen MR) is 91.4 cm³/mol. The van der Waals surface area contributed by atoms with Crippen LogP contribution in [0.1, 0.15) is 42.0 Å². The third-order valence-electron chi connectivity index (χ3n) is 3.38. The number of carbonyl (C=O) groups excluding carboxylic acids is 2. The van der Waals surface area contributed by atoms with Gasteiger partial charge in [0.15, 0.2) is 0 Å². The monoisotopic (exact) mass is 345 g/mol. The Bertz CT molecular complexity index is 843. The molecule has 3 aromatic rings. The predicted octanol–water partition coefficient (Wildman–Crippen LogP) is 4.18. The van der Waals surface area contributed by atoms with Crippen LogP contribution in [0.5, 0.6) is 0 Å². The van der Waals surface area contributed by atoms with Crippen molar-refractivity contribution in [2.75, 3.05) is 0 Å². The van der Waals surface area contributed by atoms with E-state index in [9.17, 15) is 9.59 Å². The summed E-state index contributed by atoms with van der Waals surface area (Å²) in [5, 5.41) is 6.59. The number of rotatable bonds is 5. The minimum absolute atomic E-state index is 0.0233. The Morgan fingerprint density at radius 1 is 1.22 bits per heavy atom. The topological polar surface area (TPSA) is 59.3 Å². The first-order chi connectivity index (χ1) is 11.0. The Kier molecular flexibility index (Phi) is 4.45. The lowest BCUT2D eigenvalue weighted by Gasteiger charge is -2.02. The van der Waals surface area contributed by atoms with Crippen LogP contribution in [0.3, 0.4) is 0 Å². The molecule has 0 radical (unpaired) electrons. The highest BCUT2D eigenvalue weighted by Crippen LogP contribution is 2.21. The quantitative estimate of drug-likeness (QED) is 0.706. The molecule has 0 aliphatic rings. The summed E-state index contributed by atoms with van der Waals surface area (Å²) in [6.07, 6.45) is 0. The van der Waals surface area contributed by atoms with Crippen LogP contribution in [-0.4, -0.2) is 11.7 Å². The van der Waals surface area contributed by atoms with E-state index in [1.165, 1.54) is 22.7 Å². The van der Waals surface area contributed by atoms with Crippen LogP contribution in [0.15, 0.2) is 39.4 Å². The number of amides is 1. The fourth-order valence-electron chi connectivity index (χ4n) is 2.25. The third-order valence-corrected chi connectivity index (χ3v) is 5.14. The summed E-state index contributed by atoms with van der Waals surface area (Å²) >= 11 is 2.91. The molecule has 0 saturated carbocycles. The number of thiophene rings is 2. The molecule has 118 valence electrons. The number of ketones is 1. The van der Waals surface area contributed by atoms with Gasteiger partial charge in [0.25, 0.3) is 5.91 Å². The van der Waals surface area contributed by atoms with Crippen LogP contribution < -0.4 is 5.32 Å². The molecule has 0 unspecified atom stereocenters. The fourth-order valence-corrected chi connectivity index (χ4v) is 3.80. The molecule has 6 heteroatoms. The zero-order valence-electron chi connectivity index (χ0n) is 12.7. The molecule has 0 aliphatic carbocycles. The first-order valence-electron chi connectivity index (χ1n) is 7.05. The maximum Gasteiger partial charge on any atom is 0.255 e. The van der Waals surface area contributed by atoms with Gasteiger partial charge in [-0.3, -0.25) is 9.59 Å². The van der Waals surface area contributed by atoms with E-state index in [1.54, 1.807) is 19.1 Å². The number of aryl methyl sites for hydroxylation is 2. The van der Waals surface area contributed by atoms with E-state index >= 15 is 0 Å². The van der Waals surface area contributed by atoms with Gasteiger partial charge in [0.05, 0.1) is 17.0 Å². The average molecular weight is 345 g/mol. The van der Waals surface area contributed by atoms with E-state index in [0.29, 0.717) is 34.1 Å². The highest BCUT2D eigenvalue weighted by molar-refractivity contribution is 7.14. The molecule has 0 fully saturated rings. The Hall–Kier alpha value is -2.18. The molecule has 1 N–H and O–H groups in total. The van der Waals surface area contributed by atoms with Crippen LogP contribution >= 0.6 is 22.7 Å². The maximum atomic E-state index is 12.2. The van der Waals surface area contributed by atoms with Crippen molar-refractivity contribution in [3.8, 4) is 0 Å². The summed E-state index contributed by atoms with van der Waals surface area (Å²) in [6.45, 7) is 3.97. The minimum Gasteiger partial charge on any atom is -0.466 e. The maximum absolute atomic E-state index is 12.2. The van der Waals surface area contributed by atoms with Crippen molar-refractivity contribution in [1.82, 2.24) is 5.32 Å². The lowest BCUT2D eigenvalue weighted by atomic mass is 10.2. The second-order valence-electron chi connectivity index (χ2n) is 5.12. The van der Waals surface area contributed by atoms with Gasteiger partial charge in [0, 0.05) is 15.8 Å². The van der Waals surface area contributed by atoms with Crippen molar-refractivity contribution in [1.29, 1.82) is 0 Å². The molecule has 0 bridgehead atoms. The van der Waals surface area contributed by atoms with Crippen molar-refractivity contribution in [3.05, 3.63) is 67.4 Å². The van der Waals surface area contributed by atoms with E-state index in [4.69, 9.17) is 4.42 Å². The summed E-state index contributed by atoms with van der Waals surface area (Å²) in [5.41, 5.74) is 1.26. The second-order valence-corrected chi connectivity index (χ2v) is 7.07. The van der Waals surface area contributed by atoms with Gasteiger partial charge in [-0.05, 0) is 43.5 Å². The number of carbonyl (C=O) groups is 2. The van der Waals surface area contributed by atoms with Crippen molar-refractivity contribution >= 4 is 34.4 Å². The van der Waals surface area contributed by atoms with Gasteiger partial charge in [-0.25, -0.2) is 0 Å². The van der Waals surface area contributed by atoms with Crippen molar-refractivity contribution in [3.63, 3.8) is 0 Å². The second kappa shape index (κ2) is 6.52. The highest BCUT2D eigenvalue weighted by atomic mass is 32.1. The lowest BCUT2D eigenvalue weighted by molar-refractivity contribution is 0.0949. The van der Waals surface area contributed by atoms with Crippen LogP contribution in [-0.2, 0) is 6.54 Å². The van der Waals surface area contributed by atoms with Crippen molar-refractivity contribution in [2.45, 2.75) is 20.4 Å². The zero-order chi connectivity index (χ0) is 16.4. The highest BCUT2D eigenvalue weighted by Gasteiger charge is 2.15. The van der Waals surface area contributed by atoms with Crippen molar-refractivity contribution in [2.24, 2.45) is 0 Å². The van der Waals surface area contributed by atoms with Gasteiger partial charge < -0.3 is 9.73 Å². The number of furan rings is 1. The Labute approximate surface area is 141 Å². The Morgan fingerprint density at radius 2 is 2.04 bits per heavy atom. The van der Waals surface area contributed by atoms with E-state index in [0.717, 1.165) is 4.88 Å². The number of nitrogens with one attached hydrogen (secondary N) is 1. The standard InChI is InChI=1S/C17H15NO3S2/c1-10-7-14(11(2)21-10)17(20)18-8-13-3-4-15(23-13)16(19)12-5-6-22-9-12/h3-7,9H,8H2,1-2H3,(H,18,20). The molecular formula is C17H15NO3S2. The number of hydrogen-bond donors (Lipinski definition) is 1. The van der Waals surface area contributed by atoms with Gasteiger partial charge >= 0.3 is 0 Å². The third kappa shape index (κ3) is 3.43. The van der Waals surface area contributed by atoms with E-state index in [1.807, 2.05) is 29.8 Å². The summed E-state index contributed by atoms with van der Waals surface area (Å²) < 4.78 is 5.36. The first-order valence-corrected chi connectivity index (χ1v) is 8.81. The lowest BCUT2D eigenvalue weighted by Crippen LogP contribution is -2.22. The molecule has 1 amide bonds. The molecular weight excluding hydrogens is 330 g/mol. The van der Waals surface area contributed by atoms with E-state index in [2.05, 4.69) is 5.32 Å². The molecule has 4 nitrogen and oxygen atoms in total.